The van der Waals surface area contributed by atoms with Crippen LogP contribution in [0.3, 0.4) is 0 Å². The summed E-state index contributed by atoms with van der Waals surface area (Å²) >= 11 is 5.03. The highest BCUT2D eigenvalue weighted by Crippen LogP contribution is 2.21. The van der Waals surface area contributed by atoms with Crippen LogP contribution in [0.4, 0.5) is 0 Å². The van der Waals surface area contributed by atoms with E-state index in [1.54, 1.807) is 29.3 Å². The summed E-state index contributed by atoms with van der Waals surface area (Å²) in [6.45, 7) is 2.21. The highest BCUT2D eigenvalue weighted by molar-refractivity contribution is 9.10. The van der Waals surface area contributed by atoms with Gasteiger partial charge in [0, 0.05) is 38.0 Å². The number of rotatable bonds is 6. The van der Waals surface area contributed by atoms with Gasteiger partial charge in [-0.1, -0.05) is 0 Å². The zero-order valence-corrected chi connectivity index (χ0v) is 13.3. The van der Waals surface area contributed by atoms with Gasteiger partial charge in [-0.25, -0.2) is 4.68 Å². The third-order valence-electron chi connectivity index (χ3n) is 2.88. The van der Waals surface area contributed by atoms with Crippen molar-refractivity contribution in [1.82, 2.24) is 24.5 Å². The van der Waals surface area contributed by atoms with Crippen molar-refractivity contribution in [1.29, 1.82) is 0 Å². The third-order valence-corrected chi connectivity index (χ3v) is 4.05. The molecule has 3 rings (SSSR count). The maximum absolute atomic E-state index is 5.05. The standard InChI is InChI=1S/C12H14BrN5OS/c1-19-4-2-14-7-10-11(18-8-9(13)6-15-18)16-12-17(10)3-5-20-12/h3,5-6,8,14H,2,4,7H2,1H3. The van der Waals surface area contributed by atoms with Crippen LogP contribution < -0.4 is 5.32 Å². The summed E-state index contributed by atoms with van der Waals surface area (Å²) in [5, 5.41) is 9.70. The summed E-state index contributed by atoms with van der Waals surface area (Å²) in [5.74, 6) is 0.854. The smallest absolute Gasteiger partial charge is 0.196 e. The number of methoxy groups -OCH3 is 1. The molecule has 8 heteroatoms. The summed E-state index contributed by atoms with van der Waals surface area (Å²) in [4.78, 5) is 5.61. The highest BCUT2D eigenvalue weighted by Gasteiger charge is 2.15. The molecule has 3 heterocycles. The number of halogens is 1. The Bertz CT molecular complexity index is 704. The van der Waals surface area contributed by atoms with Crippen molar-refractivity contribution in [3.8, 4) is 5.82 Å². The Morgan fingerprint density at radius 1 is 1.50 bits per heavy atom. The molecule has 1 N–H and O–H groups in total. The predicted octanol–water partition coefficient (Wildman–Crippen LogP) is 2.08. The van der Waals surface area contributed by atoms with Crippen LogP contribution >= 0.6 is 27.3 Å². The molecule has 0 spiro atoms. The molecule has 0 fully saturated rings. The Hall–Kier alpha value is -1.22. The SMILES string of the molecule is COCCNCc1c(-n2cc(Br)cn2)nc2sccn12. The normalized spacial score (nSPS) is 11.5. The van der Waals surface area contributed by atoms with Crippen LogP contribution in [0.5, 0.6) is 0 Å². The van der Waals surface area contributed by atoms with Crippen LogP contribution in [0.1, 0.15) is 5.69 Å². The fourth-order valence-corrected chi connectivity index (χ4v) is 2.98. The molecule has 0 aliphatic heterocycles. The number of fused-ring (bicyclic) bond motifs is 1. The van der Waals surface area contributed by atoms with Gasteiger partial charge in [-0.15, -0.1) is 11.3 Å². The van der Waals surface area contributed by atoms with Crippen molar-refractivity contribution in [2.24, 2.45) is 0 Å². The number of nitrogens with one attached hydrogen (secondary N) is 1. The lowest BCUT2D eigenvalue weighted by molar-refractivity contribution is 0.199. The summed E-state index contributed by atoms with van der Waals surface area (Å²) in [6, 6.07) is 0. The molecule has 106 valence electrons. The van der Waals surface area contributed by atoms with Gasteiger partial charge in [0.05, 0.1) is 23.0 Å². The molecule has 0 saturated heterocycles. The van der Waals surface area contributed by atoms with Crippen LogP contribution in [0.2, 0.25) is 0 Å². The van der Waals surface area contributed by atoms with Crippen LogP contribution in [-0.4, -0.2) is 39.4 Å². The third kappa shape index (κ3) is 2.64. The molecule has 0 aliphatic carbocycles. The van der Waals surface area contributed by atoms with Gasteiger partial charge in [0.15, 0.2) is 10.8 Å². The Kier molecular flexibility index (Phi) is 4.16. The van der Waals surface area contributed by atoms with Crippen LogP contribution in [-0.2, 0) is 11.3 Å². The quantitative estimate of drug-likeness (QED) is 0.687. The molecule has 3 aromatic heterocycles. The molecule has 6 nitrogen and oxygen atoms in total. The van der Waals surface area contributed by atoms with Crippen LogP contribution in [0.15, 0.2) is 28.4 Å². The Morgan fingerprint density at radius 2 is 2.40 bits per heavy atom. The van der Waals surface area contributed by atoms with Gasteiger partial charge in [-0.05, 0) is 15.9 Å². The number of thiazole rings is 1. The second-order valence-corrected chi connectivity index (χ2v) is 6.00. The zero-order valence-electron chi connectivity index (χ0n) is 10.9. The highest BCUT2D eigenvalue weighted by atomic mass is 79.9. The molecular weight excluding hydrogens is 342 g/mol. The number of hydrogen-bond acceptors (Lipinski definition) is 5. The first-order chi connectivity index (χ1) is 9.79. The number of hydrogen-bond donors (Lipinski definition) is 1. The fraction of sp³-hybridized carbons (Fsp3) is 0.333. The monoisotopic (exact) mass is 355 g/mol. The van der Waals surface area contributed by atoms with Crippen LogP contribution in [0, 0.1) is 0 Å². The fourth-order valence-electron chi connectivity index (χ4n) is 1.97. The molecular formula is C12H14BrN5OS. The number of imidazole rings is 1. The van der Waals surface area contributed by atoms with Crippen molar-refractivity contribution in [2.45, 2.75) is 6.54 Å². The van der Waals surface area contributed by atoms with E-state index in [0.717, 1.165) is 27.5 Å². The van der Waals surface area contributed by atoms with Crippen molar-refractivity contribution in [3.63, 3.8) is 0 Å². The first kappa shape index (κ1) is 13.7. The van der Waals surface area contributed by atoms with Gasteiger partial charge in [0.25, 0.3) is 0 Å². The van der Waals surface area contributed by atoms with E-state index in [4.69, 9.17) is 4.74 Å². The van der Waals surface area contributed by atoms with Gasteiger partial charge in [-0.2, -0.15) is 10.1 Å². The predicted molar refractivity (Wildman–Crippen MR) is 81.5 cm³/mol. The molecule has 0 bridgehead atoms. The molecule has 0 radical (unpaired) electrons. The second kappa shape index (κ2) is 6.04. The summed E-state index contributed by atoms with van der Waals surface area (Å²) < 4.78 is 9.86. The minimum atomic E-state index is 0.689. The molecule has 0 unspecified atom stereocenters. The minimum absolute atomic E-state index is 0.689. The van der Waals surface area contributed by atoms with E-state index in [1.807, 2.05) is 17.8 Å². The lowest BCUT2D eigenvalue weighted by Gasteiger charge is -2.06. The van der Waals surface area contributed by atoms with E-state index in [0.29, 0.717) is 13.2 Å². The number of aromatic nitrogens is 4. The maximum Gasteiger partial charge on any atom is 0.196 e. The molecule has 3 aromatic rings. The molecule has 0 atom stereocenters. The molecule has 0 amide bonds. The first-order valence-electron chi connectivity index (χ1n) is 6.14. The number of ether oxygens (including phenoxy) is 1. The first-order valence-corrected chi connectivity index (χ1v) is 7.81. The van der Waals surface area contributed by atoms with Crippen LogP contribution in [0.25, 0.3) is 10.8 Å². The van der Waals surface area contributed by atoms with Gasteiger partial charge in [-0.3, -0.25) is 4.40 Å². The number of nitrogens with zero attached hydrogens (tertiary/aromatic N) is 4. The molecule has 0 saturated carbocycles. The maximum atomic E-state index is 5.05. The van der Waals surface area contributed by atoms with E-state index in [1.165, 1.54) is 0 Å². The Labute approximate surface area is 128 Å². The van der Waals surface area contributed by atoms with Crippen molar-refractivity contribution < 1.29 is 4.74 Å². The van der Waals surface area contributed by atoms with E-state index in [9.17, 15) is 0 Å². The van der Waals surface area contributed by atoms with Gasteiger partial charge < -0.3 is 10.1 Å². The van der Waals surface area contributed by atoms with Gasteiger partial charge in [0.1, 0.15) is 0 Å². The van der Waals surface area contributed by atoms with E-state index >= 15 is 0 Å². The van der Waals surface area contributed by atoms with Crippen molar-refractivity contribution in [3.05, 3.63) is 34.1 Å². The lowest BCUT2D eigenvalue weighted by atomic mass is 10.4. The zero-order chi connectivity index (χ0) is 13.9. The Balaban J connectivity index is 1.92. The molecule has 0 aromatic carbocycles. The van der Waals surface area contributed by atoms with E-state index < -0.39 is 0 Å². The molecule has 20 heavy (non-hydrogen) atoms. The van der Waals surface area contributed by atoms with E-state index in [-0.39, 0.29) is 0 Å². The average molecular weight is 356 g/mol. The van der Waals surface area contributed by atoms with Crippen molar-refractivity contribution >= 4 is 32.2 Å². The minimum Gasteiger partial charge on any atom is -0.383 e. The average Bonchev–Trinajstić information content (AvgIpc) is 3.10. The summed E-state index contributed by atoms with van der Waals surface area (Å²) in [6.07, 6.45) is 5.70. The molecule has 0 aliphatic rings. The largest absolute Gasteiger partial charge is 0.383 e. The Morgan fingerprint density at radius 3 is 3.15 bits per heavy atom. The second-order valence-electron chi connectivity index (χ2n) is 4.21. The van der Waals surface area contributed by atoms with Gasteiger partial charge in [0.2, 0.25) is 0 Å². The lowest BCUT2D eigenvalue weighted by Crippen LogP contribution is -2.20. The topological polar surface area (TPSA) is 56.4 Å². The van der Waals surface area contributed by atoms with Gasteiger partial charge >= 0.3 is 0 Å². The van der Waals surface area contributed by atoms with E-state index in [2.05, 4.69) is 35.7 Å². The summed E-state index contributed by atoms with van der Waals surface area (Å²) in [7, 11) is 1.70. The summed E-state index contributed by atoms with van der Waals surface area (Å²) in [5.41, 5.74) is 1.09. The van der Waals surface area contributed by atoms with Crippen molar-refractivity contribution in [2.75, 3.05) is 20.3 Å².